The van der Waals surface area contributed by atoms with Crippen LogP contribution in [0.2, 0.25) is 0 Å². The molecular formula is C9H14N4O4S. The van der Waals surface area contributed by atoms with Crippen LogP contribution in [0.25, 0.3) is 0 Å². The quantitative estimate of drug-likeness (QED) is 0.733. The number of rotatable bonds is 3. The molecule has 2 rings (SSSR count). The molecule has 1 aromatic heterocycles. The average molecular weight is 274 g/mol. The van der Waals surface area contributed by atoms with Crippen LogP contribution < -0.4 is 10.6 Å². The van der Waals surface area contributed by atoms with Crippen molar-refractivity contribution in [2.24, 2.45) is 0 Å². The minimum atomic E-state index is -3.04. The molecule has 1 unspecified atom stereocenters. The Labute approximate surface area is 104 Å². The molecule has 0 radical (unpaired) electrons. The topological polar surface area (TPSA) is 114 Å². The Hall–Kier alpha value is -1.48. The Bertz CT molecular complexity index is 539. The summed E-state index contributed by atoms with van der Waals surface area (Å²) >= 11 is 0. The normalized spacial score (nSPS) is 22.6. The summed E-state index contributed by atoms with van der Waals surface area (Å²) < 4.78 is 27.5. The van der Waals surface area contributed by atoms with Crippen LogP contribution in [-0.4, -0.2) is 48.6 Å². The first-order chi connectivity index (χ1) is 8.44. The van der Waals surface area contributed by atoms with Gasteiger partial charge in [-0.1, -0.05) is 5.16 Å². The molecule has 1 fully saturated rings. The van der Waals surface area contributed by atoms with Crippen LogP contribution in [0.5, 0.6) is 0 Å². The summed E-state index contributed by atoms with van der Waals surface area (Å²) in [5, 5.41) is 8.94. The van der Waals surface area contributed by atoms with Crippen molar-refractivity contribution in [3.8, 4) is 0 Å². The van der Waals surface area contributed by atoms with Crippen molar-refractivity contribution >= 4 is 21.8 Å². The third-order valence-electron chi connectivity index (χ3n) is 2.51. The summed E-state index contributed by atoms with van der Waals surface area (Å²) in [6.45, 7) is 2.01. The molecule has 8 nitrogen and oxygen atoms in total. The molecule has 0 aromatic carbocycles. The predicted octanol–water partition coefficient (Wildman–Crippen LogP) is -0.907. The molecule has 1 aliphatic rings. The Morgan fingerprint density at radius 1 is 1.61 bits per heavy atom. The second-order valence-corrected chi connectivity index (χ2v) is 6.39. The highest BCUT2D eigenvalue weighted by Gasteiger charge is 2.26. The van der Waals surface area contributed by atoms with Crippen molar-refractivity contribution in [2.45, 2.75) is 19.4 Å². The zero-order valence-corrected chi connectivity index (χ0v) is 10.7. The van der Waals surface area contributed by atoms with E-state index >= 15 is 0 Å². The molecule has 0 aliphatic carbocycles. The van der Waals surface area contributed by atoms with Crippen molar-refractivity contribution in [3.63, 3.8) is 0 Å². The molecule has 18 heavy (non-hydrogen) atoms. The van der Waals surface area contributed by atoms with Gasteiger partial charge in [-0.05, 0) is 6.92 Å². The molecule has 100 valence electrons. The molecule has 0 bridgehead atoms. The zero-order chi connectivity index (χ0) is 13.2. The highest BCUT2D eigenvalue weighted by Crippen LogP contribution is 2.07. The number of carbonyl (C=O) groups excluding carboxylic acids is 1. The smallest absolute Gasteiger partial charge is 0.315 e. The number of nitrogens with one attached hydrogen (secondary N) is 2. The summed E-state index contributed by atoms with van der Waals surface area (Å²) in [6.07, 6.45) is 0.0562. The Kier molecular flexibility index (Phi) is 3.62. The molecule has 0 spiro atoms. The van der Waals surface area contributed by atoms with Gasteiger partial charge in [-0.15, -0.1) is 0 Å². The lowest BCUT2D eigenvalue weighted by Crippen LogP contribution is -2.46. The van der Waals surface area contributed by atoms with E-state index in [-0.39, 0.29) is 35.9 Å². The van der Waals surface area contributed by atoms with Crippen molar-refractivity contribution in [1.29, 1.82) is 0 Å². The number of amides is 1. The van der Waals surface area contributed by atoms with E-state index in [0.29, 0.717) is 12.4 Å². The number of nitrogens with zero attached hydrogens (tertiary/aromatic N) is 2. The average Bonchev–Trinajstić information content (AvgIpc) is 2.62. The SMILES string of the molecule is Cc1noc(NC(=O)CC2CS(=O)(=O)CCN2)n1. The molecule has 1 aliphatic heterocycles. The number of carbonyl (C=O) groups is 1. The van der Waals surface area contributed by atoms with Crippen molar-refractivity contribution in [3.05, 3.63) is 5.82 Å². The van der Waals surface area contributed by atoms with Crippen LogP contribution >= 0.6 is 0 Å². The van der Waals surface area contributed by atoms with E-state index < -0.39 is 9.84 Å². The highest BCUT2D eigenvalue weighted by atomic mass is 32.2. The fraction of sp³-hybridized carbons (Fsp3) is 0.667. The fourth-order valence-electron chi connectivity index (χ4n) is 1.74. The molecule has 1 saturated heterocycles. The third-order valence-corrected chi connectivity index (χ3v) is 4.24. The van der Waals surface area contributed by atoms with Gasteiger partial charge in [0.2, 0.25) is 5.91 Å². The Balaban J connectivity index is 1.88. The van der Waals surface area contributed by atoms with Crippen LogP contribution in [-0.2, 0) is 14.6 Å². The summed E-state index contributed by atoms with van der Waals surface area (Å²) in [5.41, 5.74) is 0. The molecule has 0 saturated carbocycles. The second-order valence-electron chi connectivity index (χ2n) is 4.16. The number of anilines is 1. The van der Waals surface area contributed by atoms with Gasteiger partial charge < -0.3 is 9.84 Å². The Morgan fingerprint density at radius 2 is 2.39 bits per heavy atom. The van der Waals surface area contributed by atoms with Gasteiger partial charge in [0.25, 0.3) is 0 Å². The minimum absolute atomic E-state index is 0.0242. The number of sulfone groups is 1. The number of hydrogen-bond acceptors (Lipinski definition) is 7. The molecule has 2 N–H and O–H groups in total. The van der Waals surface area contributed by atoms with Crippen LogP contribution in [0, 0.1) is 6.92 Å². The van der Waals surface area contributed by atoms with Gasteiger partial charge in [-0.3, -0.25) is 10.1 Å². The molecule has 2 heterocycles. The summed E-state index contributed by atoms with van der Waals surface area (Å²) in [4.78, 5) is 15.5. The van der Waals surface area contributed by atoms with E-state index in [0.717, 1.165) is 0 Å². The van der Waals surface area contributed by atoms with Crippen molar-refractivity contribution in [1.82, 2.24) is 15.5 Å². The fourth-order valence-corrected chi connectivity index (χ4v) is 3.18. The molecule has 1 aromatic rings. The van der Waals surface area contributed by atoms with E-state index in [4.69, 9.17) is 4.52 Å². The van der Waals surface area contributed by atoms with E-state index in [2.05, 4.69) is 20.8 Å². The third kappa shape index (κ3) is 3.50. The van der Waals surface area contributed by atoms with E-state index in [1.54, 1.807) is 6.92 Å². The van der Waals surface area contributed by atoms with Crippen LogP contribution in [0.4, 0.5) is 6.01 Å². The van der Waals surface area contributed by atoms with Gasteiger partial charge in [0, 0.05) is 19.0 Å². The largest absolute Gasteiger partial charge is 0.328 e. The first-order valence-electron chi connectivity index (χ1n) is 5.48. The predicted molar refractivity (Wildman–Crippen MR) is 62.7 cm³/mol. The second kappa shape index (κ2) is 5.02. The number of hydrogen-bond donors (Lipinski definition) is 2. The van der Waals surface area contributed by atoms with E-state index in [1.165, 1.54) is 0 Å². The van der Waals surface area contributed by atoms with Gasteiger partial charge >= 0.3 is 6.01 Å². The first-order valence-corrected chi connectivity index (χ1v) is 7.31. The van der Waals surface area contributed by atoms with Crippen LogP contribution in [0.1, 0.15) is 12.2 Å². The van der Waals surface area contributed by atoms with Gasteiger partial charge in [0.05, 0.1) is 11.5 Å². The summed E-state index contributed by atoms with van der Waals surface area (Å²) in [7, 11) is -3.04. The van der Waals surface area contributed by atoms with Gasteiger partial charge in [0.15, 0.2) is 15.7 Å². The molecular weight excluding hydrogens is 260 g/mol. The maximum Gasteiger partial charge on any atom is 0.328 e. The monoisotopic (exact) mass is 274 g/mol. The minimum Gasteiger partial charge on any atom is -0.315 e. The standard InChI is InChI=1S/C9H14N4O4S/c1-6-11-9(17-13-6)12-8(14)4-7-5-18(15,16)3-2-10-7/h7,10H,2-5H2,1H3,(H,11,12,13,14). The lowest BCUT2D eigenvalue weighted by molar-refractivity contribution is -0.116. The lowest BCUT2D eigenvalue weighted by atomic mass is 10.2. The molecule has 1 atom stereocenters. The first kappa shape index (κ1) is 13.0. The molecule has 9 heteroatoms. The Morgan fingerprint density at radius 3 is 3.00 bits per heavy atom. The summed E-state index contributed by atoms with van der Waals surface area (Å²) in [5.74, 6) is 0.161. The van der Waals surface area contributed by atoms with Crippen molar-refractivity contribution < 1.29 is 17.7 Å². The maximum atomic E-state index is 11.6. The maximum absolute atomic E-state index is 11.6. The van der Waals surface area contributed by atoms with Crippen LogP contribution in [0.3, 0.4) is 0 Å². The lowest BCUT2D eigenvalue weighted by Gasteiger charge is -2.22. The summed E-state index contributed by atoms with van der Waals surface area (Å²) in [6, 6.07) is -0.344. The molecule has 1 amide bonds. The number of aromatic nitrogens is 2. The zero-order valence-electron chi connectivity index (χ0n) is 9.84. The van der Waals surface area contributed by atoms with Crippen LogP contribution in [0.15, 0.2) is 4.52 Å². The van der Waals surface area contributed by atoms with Crippen molar-refractivity contribution in [2.75, 3.05) is 23.4 Å². The van der Waals surface area contributed by atoms with E-state index in [9.17, 15) is 13.2 Å². The highest BCUT2D eigenvalue weighted by molar-refractivity contribution is 7.91. The van der Waals surface area contributed by atoms with Gasteiger partial charge in [0.1, 0.15) is 0 Å². The van der Waals surface area contributed by atoms with Gasteiger partial charge in [-0.25, -0.2) is 8.42 Å². The van der Waals surface area contributed by atoms with E-state index in [1.807, 2.05) is 0 Å². The van der Waals surface area contributed by atoms with Gasteiger partial charge in [-0.2, -0.15) is 4.98 Å². The number of aryl methyl sites for hydroxylation is 1.